The van der Waals surface area contributed by atoms with E-state index in [-0.39, 0.29) is 63.9 Å². The maximum absolute atomic E-state index is 15.7. The van der Waals surface area contributed by atoms with Crippen LogP contribution < -0.4 is 20.9 Å². The molecule has 0 aliphatic carbocycles. The van der Waals surface area contributed by atoms with Gasteiger partial charge in [-0.3, -0.25) is 24.0 Å². The number of hydrogen-bond donors (Lipinski definition) is 3. The minimum atomic E-state index is -1.03. The number of rotatable bonds is 14. The number of aromatic amines is 1. The molecule has 0 saturated carbocycles. The number of pyridine rings is 1. The second-order valence-corrected chi connectivity index (χ2v) is 18.1. The Bertz CT molecular complexity index is 2910. The number of carbonyl (C=O) groups is 5. The number of benzene rings is 3. The van der Waals surface area contributed by atoms with Crippen molar-refractivity contribution >= 4 is 68.4 Å². The molecule has 6 aromatic rings. The lowest BCUT2D eigenvalue weighted by atomic mass is 9.81. The van der Waals surface area contributed by atoms with Crippen LogP contribution in [0, 0.1) is 12.7 Å². The van der Waals surface area contributed by atoms with Crippen LogP contribution in [0.3, 0.4) is 0 Å². The molecule has 0 spiro atoms. The molecule has 1 unspecified atom stereocenters. The van der Waals surface area contributed by atoms with E-state index < -0.39 is 41.5 Å². The molecule has 2 saturated heterocycles. The van der Waals surface area contributed by atoms with E-state index in [1.807, 2.05) is 55.4 Å². The van der Waals surface area contributed by atoms with E-state index in [0.717, 1.165) is 21.5 Å². The third-order valence-electron chi connectivity index (χ3n) is 12.4. The summed E-state index contributed by atoms with van der Waals surface area (Å²) < 4.78 is 16.6. The molecular weight excluding hydrogens is 955 g/mol. The number of piperazine rings is 1. The first kappa shape index (κ1) is 47.3. The van der Waals surface area contributed by atoms with Crippen molar-refractivity contribution in [3.8, 4) is 11.1 Å². The van der Waals surface area contributed by atoms with Gasteiger partial charge in [0.1, 0.15) is 17.7 Å². The molecule has 4 atom stereocenters. The van der Waals surface area contributed by atoms with Crippen LogP contribution >= 0.6 is 27.5 Å². The number of aromatic nitrogens is 4. The first-order valence-electron chi connectivity index (χ1n) is 21.7. The normalized spacial score (nSPS) is 17.2. The molecule has 3 aromatic carbocycles. The van der Waals surface area contributed by atoms with Gasteiger partial charge in [-0.25, -0.2) is 19.3 Å². The number of likely N-dealkylation sites (tertiary alicyclic amines) is 1. The molecule has 8 rings (SSSR count). The molecule has 0 bridgehead atoms. The van der Waals surface area contributed by atoms with Crippen LogP contribution in [0.1, 0.15) is 73.3 Å². The maximum atomic E-state index is 15.7. The van der Waals surface area contributed by atoms with Crippen molar-refractivity contribution in [1.82, 2.24) is 35.1 Å². The molecule has 348 valence electrons. The van der Waals surface area contributed by atoms with Crippen LogP contribution in [0.5, 0.6) is 0 Å². The highest BCUT2D eigenvalue weighted by atomic mass is 79.9. The number of hydrogen-bond acceptors (Lipinski definition) is 10. The van der Waals surface area contributed by atoms with E-state index >= 15 is 4.39 Å². The first-order chi connectivity index (χ1) is 32.6. The highest BCUT2D eigenvalue weighted by molar-refractivity contribution is 9.10. The highest BCUT2D eigenvalue weighted by Gasteiger charge is 2.49. The van der Waals surface area contributed by atoms with Crippen molar-refractivity contribution in [1.29, 1.82) is 0 Å². The number of carbonyl (C=O) groups excluding carboxylic acids is 5. The number of primary amides is 1. The van der Waals surface area contributed by atoms with Crippen LogP contribution in [-0.2, 0) is 14.4 Å². The summed E-state index contributed by atoms with van der Waals surface area (Å²) in [6, 6.07) is 20.4. The van der Waals surface area contributed by atoms with Gasteiger partial charge in [0.25, 0.3) is 5.91 Å². The van der Waals surface area contributed by atoms with Crippen molar-refractivity contribution in [2.24, 2.45) is 5.73 Å². The number of nitrogens with two attached hydrogens (primary N) is 1. The number of H-pyrrole nitrogens is 1. The Hall–Kier alpha value is -7.24. The van der Waals surface area contributed by atoms with E-state index in [2.05, 4.69) is 52.7 Å². The quantitative estimate of drug-likeness (QED) is 0.0761. The number of amides is 4. The van der Waals surface area contributed by atoms with Gasteiger partial charge >= 0.3 is 0 Å². The van der Waals surface area contributed by atoms with Crippen molar-refractivity contribution in [2.75, 3.05) is 50.1 Å². The van der Waals surface area contributed by atoms with Gasteiger partial charge in [-0.1, -0.05) is 70.5 Å². The summed E-state index contributed by atoms with van der Waals surface area (Å²) in [6.07, 6.45) is 6.69. The van der Waals surface area contributed by atoms with Crippen molar-refractivity contribution in [3.05, 3.63) is 171 Å². The van der Waals surface area contributed by atoms with Crippen molar-refractivity contribution < 1.29 is 28.4 Å². The minimum absolute atomic E-state index is 0.00572. The topological polar surface area (TPSA) is 191 Å². The molecule has 18 heteroatoms. The SMILES string of the molecule is C=CC(=O)N1C[C@H](c2ccc(Br)cc2)[C@@H]1C(=O)N1CCN(c2ccnc(N(C)C)c2)C(c2ccc([C@H](CC(N)=O)NC(=O)c3c[nH]c(C(=O)c4ncccn4)c3-c3c(C)cccc3F)cc2Cl)C1. The zero-order valence-electron chi connectivity index (χ0n) is 37.3. The Labute approximate surface area is 405 Å². The minimum Gasteiger partial charge on any atom is -0.370 e. The second kappa shape index (κ2) is 19.9. The van der Waals surface area contributed by atoms with Gasteiger partial charge in [0, 0.05) is 103 Å². The lowest BCUT2D eigenvalue weighted by molar-refractivity contribution is -0.153. The molecule has 3 aromatic heterocycles. The van der Waals surface area contributed by atoms with Gasteiger partial charge in [-0.05, 0) is 71.7 Å². The average molecular weight is 1000 g/mol. The summed E-state index contributed by atoms with van der Waals surface area (Å²) in [5, 5.41) is 3.16. The Morgan fingerprint density at radius 2 is 1.72 bits per heavy atom. The van der Waals surface area contributed by atoms with E-state index in [4.69, 9.17) is 17.3 Å². The number of halogens is 3. The van der Waals surface area contributed by atoms with Crippen molar-refractivity contribution in [2.45, 2.75) is 37.4 Å². The van der Waals surface area contributed by atoms with Crippen LogP contribution in [0.4, 0.5) is 15.9 Å². The number of nitrogens with zero attached hydrogens (tertiary/aromatic N) is 7. The first-order valence-corrected chi connectivity index (χ1v) is 22.9. The highest BCUT2D eigenvalue weighted by Crippen LogP contribution is 2.41. The van der Waals surface area contributed by atoms with Crippen LogP contribution in [0.25, 0.3) is 11.1 Å². The summed E-state index contributed by atoms with van der Waals surface area (Å²) in [7, 11) is 3.79. The van der Waals surface area contributed by atoms with Gasteiger partial charge in [-0.2, -0.15) is 0 Å². The monoisotopic (exact) mass is 1000 g/mol. The van der Waals surface area contributed by atoms with Gasteiger partial charge in [0.15, 0.2) is 0 Å². The van der Waals surface area contributed by atoms with E-state index in [1.54, 1.807) is 53.3 Å². The molecular formula is C50H47BrClFN10O5. The fourth-order valence-corrected chi connectivity index (χ4v) is 9.55. The zero-order valence-corrected chi connectivity index (χ0v) is 39.7. The Morgan fingerprint density at radius 3 is 2.40 bits per heavy atom. The number of anilines is 2. The Morgan fingerprint density at radius 1 is 0.971 bits per heavy atom. The maximum Gasteiger partial charge on any atom is 0.253 e. The molecule has 0 radical (unpaired) electrons. The Balaban J connectivity index is 1.13. The molecule has 5 heterocycles. The smallest absolute Gasteiger partial charge is 0.253 e. The number of ketones is 1. The van der Waals surface area contributed by atoms with E-state index in [1.165, 1.54) is 36.8 Å². The van der Waals surface area contributed by atoms with E-state index in [9.17, 15) is 24.0 Å². The predicted molar refractivity (Wildman–Crippen MR) is 260 cm³/mol. The predicted octanol–water partition coefficient (Wildman–Crippen LogP) is 6.94. The summed E-state index contributed by atoms with van der Waals surface area (Å²) in [5.74, 6) is -3.01. The fourth-order valence-electron chi connectivity index (χ4n) is 8.97. The Kier molecular flexibility index (Phi) is 13.8. The van der Waals surface area contributed by atoms with Gasteiger partial charge in [0.2, 0.25) is 29.3 Å². The standard InChI is InChI=1S/C50H47BrClFN10O5/c1-5-42(65)63-26-35(29-10-13-31(51)14-11-29)46(63)50(68)61-20-21-62(32-16-19-55-41(23-32)60(3)4)39(27-61)33-15-12-30(22-36(33)52)38(24-40(54)64)59-49(67)34-25-58-45(47(66)48-56-17-7-18-57-48)44(34)43-28(2)8-6-9-37(43)53/h5-19,22-23,25,35,38-39,46,58H,1,20-21,24,26-27H2,2-4H3,(H2,54,64)(H,59,67)/t35-,38+,39?,46-/m1/s1. The summed E-state index contributed by atoms with van der Waals surface area (Å²) in [4.78, 5) is 91.5. The van der Waals surface area contributed by atoms with Gasteiger partial charge in [-0.15, -0.1) is 0 Å². The molecule has 2 fully saturated rings. The van der Waals surface area contributed by atoms with Crippen LogP contribution in [0.15, 0.2) is 121 Å². The van der Waals surface area contributed by atoms with Gasteiger partial charge < -0.3 is 35.6 Å². The van der Waals surface area contributed by atoms with Gasteiger partial charge in [0.05, 0.1) is 29.8 Å². The van der Waals surface area contributed by atoms with Crippen LogP contribution in [0.2, 0.25) is 5.02 Å². The summed E-state index contributed by atoms with van der Waals surface area (Å²) in [5.41, 5.74) is 8.91. The van der Waals surface area contributed by atoms with Crippen LogP contribution in [-0.4, -0.2) is 105 Å². The largest absolute Gasteiger partial charge is 0.370 e. The third kappa shape index (κ3) is 9.49. The molecule has 2 aliphatic heterocycles. The third-order valence-corrected chi connectivity index (χ3v) is 13.3. The zero-order chi connectivity index (χ0) is 48.4. The molecule has 2 aliphatic rings. The molecule has 4 amide bonds. The second-order valence-electron chi connectivity index (χ2n) is 16.8. The number of aryl methyl sites for hydroxylation is 1. The lowest BCUT2D eigenvalue weighted by Gasteiger charge is -2.50. The van der Waals surface area contributed by atoms with Crippen molar-refractivity contribution in [3.63, 3.8) is 0 Å². The van der Waals surface area contributed by atoms with E-state index in [0.29, 0.717) is 36.3 Å². The molecule has 4 N–H and O–H groups in total. The molecule has 15 nitrogen and oxygen atoms in total. The molecule has 68 heavy (non-hydrogen) atoms. The number of nitrogens with one attached hydrogen (secondary N) is 2. The lowest BCUT2D eigenvalue weighted by Crippen LogP contribution is -2.65. The average Bonchev–Trinajstić information content (AvgIpc) is 3.76. The fraction of sp³-hybridized carbons (Fsp3) is 0.240. The summed E-state index contributed by atoms with van der Waals surface area (Å²) >= 11 is 10.7. The summed E-state index contributed by atoms with van der Waals surface area (Å²) in [6.45, 7) is 6.64.